The molecule has 1 aliphatic rings. The zero-order chi connectivity index (χ0) is 16.3. The monoisotopic (exact) mass is 388 g/mol. The predicted octanol–water partition coefficient (Wildman–Crippen LogP) is 4.39. The molecule has 0 radical (unpaired) electrons. The average molecular weight is 389 g/mol. The van der Waals surface area contributed by atoms with Gasteiger partial charge < -0.3 is 15.0 Å². The van der Waals surface area contributed by atoms with Crippen LogP contribution in [-0.2, 0) is 11.3 Å². The van der Waals surface area contributed by atoms with Gasteiger partial charge in [0.1, 0.15) is 5.60 Å². The van der Waals surface area contributed by atoms with Crippen molar-refractivity contribution in [2.75, 3.05) is 6.54 Å². The summed E-state index contributed by atoms with van der Waals surface area (Å²) in [6, 6.07) is 2.80. The van der Waals surface area contributed by atoms with Crippen LogP contribution >= 0.6 is 27.3 Å². The zero-order valence-electron chi connectivity index (χ0n) is 13.7. The van der Waals surface area contributed by atoms with Crippen molar-refractivity contribution in [3.63, 3.8) is 0 Å². The molecule has 0 bridgehead atoms. The van der Waals surface area contributed by atoms with Crippen molar-refractivity contribution in [1.82, 2.24) is 10.2 Å². The molecule has 0 spiro atoms. The fourth-order valence-electron chi connectivity index (χ4n) is 2.65. The molecule has 1 fully saturated rings. The van der Waals surface area contributed by atoms with E-state index < -0.39 is 5.60 Å². The van der Waals surface area contributed by atoms with Crippen LogP contribution in [0.1, 0.15) is 46.1 Å². The zero-order valence-corrected chi connectivity index (χ0v) is 16.1. The van der Waals surface area contributed by atoms with E-state index in [4.69, 9.17) is 4.74 Å². The smallest absolute Gasteiger partial charge is 0.410 e. The largest absolute Gasteiger partial charge is 0.444 e. The van der Waals surface area contributed by atoms with Crippen molar-refractivity contribution >= 4 is 33.4 Å². The van der Waals surface area contributed by atoms with Crippen LogP contribution in [0.2, 0.25) is 0 Å². The van der Waals surface area contributed by atoms with Crippen molar-refractivity contribution in [3.05, 3.63) is 20.8 Å². The molecule has 0 saturated carbocycles. The Hall–Kier alpha value is -0.590. The number of amides is 1. The van der Waals surface area contributed by atoms with E-state index in [1.54, 1.807) is 11.3 Å². The van der Waals surface area contributed by atoms with Crippen molar-refractivity contribution in [2.24, 2.45) is 0 Å². The van der Waals surface area contributed by atoms with Gasteiger partial charge in [-0.15, -0.1) is 11.3 Å². The van der Waals surface area contributed by atoms with Gasteiger partial charge in [0.2, 0.25) is 0 Å². The van der Waals surface area contributed by atoms with E-state index in [2.05, 4.69) is 39.6 Å². The lowest BCUT2D eigenvalue weighted by Gasteiger charge is -2.38. The molecule has 2 atom stereocenters. The van der Waals surface area contributed by atoms with E-state index in [-0.39, 0.29) is 12.1 Å². The maximum absolute atomic E-state index is 12.2. The van der Waals surface area contributed by atoms with Gasteiger partial charge in [0, 0.05) is 25.2 Å². The molecular weight excluding hydrogens is 364 g/mol. The maximum Gasteiger partial charge on any atom is 0.410 e. The van der Waals surface area contributed by atoms with E-state index in [0.717, 1.165) is 29.7 Å². The molecule has 4 nitrogen and oxygen atoms in total. The lowest BCUT2D eigenvalue weighted by molar-refractivity contribution is 0.00932. The first-order chi connectivity index (χ1) is 10.2. The Morgan fingerprint density at radius 3 is 2.82 bits per heavy atom. The molecule has 2 rings (SSSR count). The number of hydrogen-bond donors (Lipinski definition) is 1. The maximum atomic E-state index is 12.2. The van der Waals surface area contributed by atoms with Gasteiger partial charge in [-0.1, -0.05) is 0 Å². The Kier molecular flexibility index (Phi) is 5.91. The van der Waals surface area contributed by atoms with E-state index in [9.17, 15) is 4.79 Å². The minimum absolute atomic E-state index is 0.194. The number of carbonyl (C=O) groups is 1. The standard InChI is InChI=1S/C16H25BrN2O2S/c1-11-7-13(18-9-12-8-14(17)22-10-12)5-6-19(11)15(20)21-16(2,3)4/h8,10-11,13,18H,5-7,9H2,1-4H3. The first kappa shape index (κ1) is 17.8. The van der Waals surface area contributed by atoms with Crippen LogP contribution in [0.4, 0.5) is 4.79 Å². The number of ether oxygens (including phenoxy) is 1. The van der Waals surface area contributed by atoms with E-state index in [1.807, 2.05) is 25.7 Å². The highest BCUT2D eigenvalue weighted by Gasteiger charge is 2.31. The molecule has 2 heterocycles. The highest BCUT2D eigenvalue weighted by molar-refractivity contribution is 9.11. The normalized spacial score (nSPS) is 22.7. The molecule has 1 saturated heterocycles. The second-order valence-corrected chi connectivity index (χ2v) is 9.17. The molecule has 0 aromatic carbocycles. The minimum atomic E-state index is -0.432. The lowest BCUT2D eigenvalue weighted by Crippen LogP contribution is -2.50. The number of thiophene rings is 1. The van der Waals surface area contributed by atoms with Gasteiger partial charge in [0.15, 0.2) is 0 Å². The fraction of sp³-hybridized carbons (Fsp3) is 0.688. The Labute approximate surface area is 145 Å². The summed E-state index contributed by atoms with van der Waals surface area (Å²) in [5, 5.41) is 5.76. The summed E-state index contributed by atoms with van der Waals surface area (Å²) in [5.74, 6) is 0. The molecule has 1 aliphatic heterocycles. The molecular formula is C16H25BrN2O2S. The average Bonchev–Trinajstić information content (AvgIpc) is 2.80. The number of halogens is 1. The molecule has 0 aliphatic carbocycles. The van der Waals surface area contributed by atoms with Gasteiger partial charge in [-0.2, -0.15) is 0 Å². The molecule has 124 valence electrons. The fourth-order valence-corrected chi connectivity index (χ4v) is 3.86. The number of rotatable bonds is 3. The van der Waals surface area contributed by atoms with E-state index in [1.165, 1.54) is 5.56 Å². The summed E-state index contributed by atoms with van der Waals surface area (Å²) in [6.07, 6.45) is 1.74. The molecule has 6 heteroatoms. The summed E-state index contributed by atoms with van der Waals surface area (Å²) in [4.78, 5) is 14.0. The molecule has 1 amide bonds. The summed E-state index contributed by atoms with van der Waals surface area (Å²) in [5.41, 5.74) is 0.872. The van der Waals surface area contributed by atoms with Crippen molar-refractivity contribution in [1.29, 1.82) is 0 Å². The van der Waals surface area contributed by atoms with E-state index >= 15 is 0 Å². The van der Waals surface area contributed by atoms with Gasteiger partial charge >= 0.3 is 6.09 Å². The van der Waals surface area contributed by atoms with Gasteiger partial charge in [0.25, 0.3) is 0 Å². The van der Waals surface area contributed by atoms with Gasteiger partial charge in [-0.25, -0.2) is 4.79 Å². The number of nitrogens with zero attached hydrogens (tertiary/aromatic N) is 1. The molecule has 22 heavy (non-hydrogen) atoms. The molecule has 1 aromatic heterocycles. The highest BCUT2D eigenvalue weighted by Crippen LogP contribution is 2.23. The van der Waals surface area contributed by atoms with Crippen LogP contribution in [0.5, 0.6) is 0 Å². The van der Waals surface area contributed by atoms with Crippen LogP contribution in [0.3, 0.4) is 0 Å². The Morgan fingerprint density at radius 1 is 1.55 bits per heavy atom. The highest BCUT2D eigenvalue weighted by atomic mass is 79.9. The number of nitrogens with one attached hydrogen (secondary N) is 1. The second-order valence-electron chi connectivity index (χ2n) is 6.88. The van der Waals surface area contributed by atoms with Crippen LogP contribution in [0.15, 0.2) is 15.2 Å². The van der Waals surface area contributed by atoms with E-state index in [0.29, 0.717) is 6.04 Å². The minimum Gasteiger partial charge on any atom is -0.444 e. The SMILES string of the molecule is CC1CC(NCc2csc(Br)c2)CCN1C(=O)OC(C)(C)C. The Bertz CT molecular complexity index is 512. The van der Waals surface area contributed by atoms with Crippen molar-refractivity contribution in [2.45, 2.75) is 64.8 Å². The molecule has 2 unspecified atom stereocenters. The Balaban J connectivity index is 1.80. The summed E-state index contributed by atoms with van der Waals surface area (Å²) in [7, 11) is 0. The van der Waals surface area contributed by atoms with Crippen molar-refractivity contribution < 1.29 is 9.53 Å². The van der Waals surface area contributed by atoms with Crippen molar-refractivity contribution in [3.8, 4) is 0 Å². The van der Waals surface area contributed by atoms with Gasteiger partial charge in [0.05, 0.1) is 3.79 Å². The topological polar surface area (TPSA) is 41.6 Å². The third kappa shape index (κ3) is 5.25. The lowest BCUT2D eigenvalue weighted by atomic mass is 9.98. The third-order valence-corrected chi connectivity index (χ3v) is 5.27. The van der Waals surface area contributed by atoms with Crippen LogP contribution in [0.25, 0.3) is 0 Å². The van der Waals surface area contributed by atoms with Crippen LogP contribution < -0.4 is 5.32 Å². The summed E-state index contributed by atoms with van der Waals surface area (Å²) in [6.45, 7) is 9.44. The summed E-state index contributed by atoms with van der Waals surface area (Å²) < 4.78 is 6.64. The van der Waals surface area contributed by atoms with Crippen LogP contribution in [0, 0.1) is 0 Å². The quantitative estimate of drug-likeness (QED) is 0.834. The molecule has 1 N–H and O–H groups in total. The second kappa shape index (κ2) is 7.32. The first-order valence-corrected chi connectivity index (χ1v) is 9.38. The number of carbonyl (C=O) groups excluding carboxylic acids is 1. The predicted molar refractivity (Wildman–Crippen MR) is 94.3 cm³/mol. The van der Waals surface area contributed by atoms with Gasteiger partial charge in [-0.3, -0.25) is 0 Å². The third-order valence-electron chi connectivity index (χ3n) is 3.72. The Morgan fingerprint density at radius 2 is 2.27 bits per heavy atom. The first-order valence-electron chi connectivity index (χ1n) is 7.70. The molecule has 1 aromatic rings. The number of piperidine rings is 1. The number of hydrogen-bond acceptors (Lipinski definition) is 4. The summed E-state index contributed by atoms with van der Waals surface area (Å²) >= 11 is 5.20. The van der Waals surface area contributed by atoms with Crippen LogP contribution in [-0.4, -0.2) is 35.2 Å². The van der Waals surface area contributed by atoms with Gasteiger partial charge in [-0.05, 0) is 73.5 Å². The number of likely N-dealkylation sites (tertiary alicyclic amines) is 1.